The fourth-order valence-electron chi connectivity index (χ4n) is 4.61. The molecule has 2 aliphatic rings. The largest absolute Gasteiger partial charge is 0.373 e. The summed E-state index contributed by atoms with van der Waals surface area (Å²) >= 11 is 0. The van der Waals surface area contributed by atoms with Crippen LogP contribution in [0.3, 0.4) is 0 Å². The van der Waals surface area contributed by atoms with E-state index in [0.29, 0.717) is 6.04 Å². The van der Waals surface area contributed by atoms with E-state index in [2.05, 4.69) is 73.2 Å². The molecule has 1 aromatic heterocycles. The zero-order valence-electron chi connectivity index (χ0n) is 18.4. The van der Waals surface area contributed by atoms with Crippen LogP contribution in [0.25, 0.3) is 0 Å². The molecule has 30 heavy (non-hydrogen) atoms. The molecular formula is C23H34N6O. The van der Waals surface area contributed by atoms with Crippen molar-refractivity contribution in [3.63, 3.8) is 0 Å². The maximum atomic E-state index is 6.12. The lowest BCUT2D eigenvalue weighted by Gasteiger charge is -2.36. The molecule has 0 aliphatic carbocycles. The molecule has 2 unspecified atom stereocenters. The van der Waals surface area contributed by atoms with Crippen molar-refractivity contribution in [1.29, 1.82) is 0 Å². The maximum absolute atomic E-state index is 6.12. The summed E-state index contributed by atoms with van der Waals surface area (Å²) in [4.78, 5) is 9.46. The van der Waals surface area contributed by atoms with Gasteiger partial charge >= 0.3 is 0 Å². The van der Waals surface area contributed by atoms with Gasteiger partial charge < -0.3 is 15.0 Å². The van der Waals surface area contributed by atoms with E-state index in [0.717, 1.165) is 63.9 Å². The van der Waals surface area contributed by atoms with Gasteiger partial charge in [0, 0.05) is 52.0 Å². The molecule has 2 aliphatic heterocycles. The molecule has 2 aromatic rings. The van der Waals surface area contributed by atoms with Gasteiger partial charge in [0.2, 0.25) is 0 Å². The summed E-state index contributed by atoms with van der Waals surface area (Å²) in [5.74, 6) is 0.973. The van der Waals surface area contributed by atoms with Crippen molar-refractivity contribution in [3.05, 3.63) is 53.3 Å². The Morgan fingerprint density at radius 2 is 2.07 bits per heavy atom. The lowest BCUT2D eigenvalue weighted by Crippen LogP contribution is -2.50. The van der Waals surface area contributed by atoms with E-state index in [4.69, 9.17) is 4.74 Å². The summed E-state index contributed by atoms with van der Waals surface area (Å²) < 4.78 is 8.20. The lowest BCUT2D eigenvalue weighted by molar-refractivity contribution is -0.0502. The Morgan fingerprint density at radius 3 is 2.80 bits per heavy atom. The van der Waals surface area contributed by atoms with Crippen LogP contribution in [-0.4, -0.2) is 77.5 Å². The highest BCUT2D eigenvalue weighted by Gasteiger charge is 2.41. The van der Waals surface area contributed by atoms with Gasteiger partial charge in [-0.1, -0.05) is 30.3 Å². The minimum absolute atomic E-state index is 0.246. The normalized spacial score (nSPS) is 22.4. The summed E-state index contributed by atoms with van der Waals surface area (Å²) in [6.07, 6.45) is 1.26. The first-order valence-electron chi connectivity index (χ1n) is 11.0. The molecule has 2 atom stereocenters. The number of nitrogens with one attached hydrogen (secondary N) is 1. The fraction of sp³-hybridized carbons (Fsp3) is 0.565. The van der Waals surface area contributed by atoms with Gasteiger partial charge in [-0.2, -0.15) is 5.10 Å². The van der Waals surface area contributed by atoms with Gasteiger partial charge in [-0.25, -0.2) is 0 Å². The molecule has 162 valence electrons. The number of aryl methyl sites for hydroxylation is 3. The first-order chi connectivity index (χ1) is 14.6. The summed E-state index contributed by atoms with van der Waals surface area (Å²) in [5, 5.41) is 8.09. The quantitative estimate of drug-likeness (QED) is 0.449. The highest BCUT2D eigenvalue weighted by Crippen LogP contribution is 2.24. The van der Waals surface area contributed by atoms with E-state index >= 15 is 0 Å². The second kappa shape index (κ2) is 9.62. The minimum Gasteiger partial charge on any atom is -0.373 e. The Kier molecular flexibility index (Phi) is 6.69. The van der Waals surface area contributed by atoms with E-state index < -0.39 is 0 Å². The molecule has 7 heteroatoms. The van der Waals surface area contributed by atoms with Gasteiger partial charge in [0.05, 0.1) is 24.4 Å². The standard InChI is InChI=1S/C23H34N6O/c1-18-14-19(2)29(26-18)11-7-10-25-23(24-3)28-16-21-22(17-28)30-13-12-27(21)15-20-8-5-4-6-9-20/h4-6,8-9,14,21-22H,7,10-13,15-17H2,1-3H3,(H,24,25). The lowest BCUT2D eigenvalue weighted by atomic mass is 10.1. The number of aromatic nitrogens is 2. The summed E-state index contributed by atoms with van der Waals surface area (Å²) in [5.41, 5.74) is 3.66. The molecule has 0 spiro atoms. The molecular weight excluding hydrogens is 376 g/mol. The first-order valence-corrected chi connectivity index (χ1v) is 11.0. The third-order valence-electron chi connectivity index (χ3n) is 6.09. The first kappa shape index (κ1) is 20.9. The molecule has 2 fully saturated rings. The van der Waals surface area contributed by atoms with Gasteiger partial charge in [0.15, 0.2) is 5.96 Å². The molecule has 7 nitrogen and oxygen atoms in total. The van der Waals surface area contributed by atoms with Crippen molar-refractivity contribution in [3.8, 4) is 0 Å². The summed E-state index contributed by atoms with van der Waals surface area (Å²) in [6.45, 7) is 10.6. The van der Waals surface area contributed by atoms with Crippen LogP contribution >= 0.6 is 0 Å². The number of hydrogen-bond donors (Lipinski definition) is 1. The number of rotatable bonds is 6. The zero-order chi connectivity index (χ0) is 20.9. The van der Waals surface area contributed by atoms with Crippen molar-refractivity contribution in [1.82, 2.24) is 24.9 Å². The van der Waals surface area contributed by atoms with E-state index in [1.165, 1.54) is 11.3 Å². The highest BCUT2D eigenvalue weighted by atomic mass is 16.5. The van der Waals surface area contributed by atoms with E-state index in [-0.39, 0.29) is 6.10 Å². The zero-order valence-corrected chi connectivity index (χ0v) is 18.4. The van der Waals surface area contributed by atoms with E-state index in [1.807, 2.05) is 14.0 Å². The predicted octanol–water partition coefficient (Wildman–Crippen LogP) is 2.05. The molecule has 4 rings (SSSR count). The Labute approximate surface area is 179 Å². The molecule has 0 amide bonds. The van der Waals surface area contributed by atoms with Gasteiger partial charge in [-0.15, -0.1) is 0 Å². The number of fused-ring (bicyclic) bond motifs is 1. The van der Waals surface area contributed by atoms with Crippen LogP contribution in [0.2, 0.25) is 0 Å². The number of aliphatic imine (C=N–C) groups is 1. The number of ether oxygens (including phenoxy) is 1. The Hall–Kier alpha value is -2.38. The highest BCUT2D eigenvalue weighted by molar-refractivity contribution is 5.80. The Bertz CT molecular complexity index is 849. The van der Waals surface area contributed by atoms with Crippen molar-refractivity contribution in [2.24, 2.45) is 4.99 Å². The Balaban J connectivity index is 1.29. The van der Waals surface area contributed by atoms with E-state index in [9.17, 15) is 0 Å². The predicted molar refractivity (Wildman–Crippen MR) is 120 cm³/mol. The second-order valence-corrected chi connectivity index (χ2v) is 8.32. The molecule has 0 bridgehead atoms. The number of hydrogen-bond acceptors (Lipinski definition) is 4. The molecule has 1 N–H and O–H groups in total. The van der Waals surface area contributed by atoms with Gasteiger partial charge in [-0.3, -0.25) is 14.6 Å². The van der Waals surface area contributed by atoms with Gasteiger partial charge in [0.1, 0.15) is 0 Å². The molecule has 3 heterocycles. The smallest absolute Gasteiger partial charge is 0.193 e. The van der Waals surface area contributed by atoms with Crippen LogP contribution in [0.15, 0.2) is 41.4 Å². The molecule has 2 saturated heterocycles. The SMILES string of the molecule is CN=C(NCCCn1nc(C)cc1C)N1CC2OCCN(Cc3ccccc3)C2C1. The number of morpholine rings is 1. The molecule has 0 radical (unpaired) electrons. The van der Waals surface area contributed by atoms with Crippen LogP contribution in [0.5, 0.6) is 0 Å². The topological polar surface area (TPSA) is 57.9 Å². The van der Waals surface area contributed by atoms with Crippen molar-refractivity contribution in [2.45, 2.75) is 45.5 Å². The average molecular weight is 411 g/mol. The Morgan fingerprint density at radius 1 is 1.23 bits per heavy atom. The monoisotopic (exact) mass is 410 g/mol. The van der Waals surface area contributed by atoms with Gasteiger partial charge in [-0.05, 0) is 31.9 Å². The third-order valence-corrected chi connectivity index (χ3v) is 6.09. The van der Waals surface area contributed by atoms with Gasteiger partial charge in [0.25, 0.3) is 0 Å². The van der Waals surface area contributed by atoms with Crippen LogP contribution in [0, 0.1) is 13.8 Å². The van der Waals surface area contributed by atoms with E-state index in [1.54, 1.807) is 0 Å². The maximum Gasteiger partial charge on any atom is 0.193 e. The fourth-order valence-corrected chi connectivity index (χ4v) is 4.61. The van der Waals surface area contributed by atoms with Crippen LogP contribution in [0.1, 0.15) is 23.4 Å². The van der Waals surface area contributed by atoms with Crippen molar-refractivity contribution >= 4 is 5.96 Å². The summed E-state index contributed by atoms with van der Waals surface area (Å²) in [7, 11) is 1.87. The van der Waals surface area contributed by atoms with Crippen LogP contribution in [0.4, 0.5) is 0 Å². The third kappa shape index (κ3) is 4.84. The molecule has 0 saturated carbocycles. The number of guanidine groups is 1. The minimum atomic E-state index is 0.246. The summed E-state index contributed by atoms with van der Waals surface area (Å²) in [6, 6.07) is 13.3. The average Bonchev–Trinajstić information content (AvgIpc) is 3.32. The number of nitrogens with zero attached hydrogens (tertiary/aromatic N) is 5. The van der Waals surface area contributed by atoms with Crippen LogP contribution in [-0.2, 0) is 17.8 Å². The number of likely N-dealkylation sites (tertiary alicyclic amines) is 1. The van der Waals surface area contributed by atoms with Crippen molar-refractivity contribution < 1.29 is 4.74 Å². The molecule has 1 aromatic carbocycles. The van der Waals surface area contributed by atoms with Crippen LogP contribution < -0.4 is 5.32 Å². The van der Waals surface area contributed by atoms with Crippen molar-refractivity contribution in [2.75, 3.05) is 39.8 Å². The number of benzene rings is 1. The second-order valence-electron chi connectivity index (χ2n) is 8.32.